The highest BCUT2D eigenvalue weighted by molar-refractivity contribution is 6.26. The van der Waals surface area contributed by atoms with E-state index in [0.29, 0.717) is 0 Å². The number of benzene rings is 7. The van der Waals surface area contributed by atoms with Crippen molar-refractivity contribution in [3.8, 4) is 5.69 Å². The molecule has 0 fully saturated rings. The van der Waals surface area contributed by atoms with Crippen LogP contribution in [0.1, 0.15) is 0 Å². The maximum atomic E-state index is 2.50. The molecule has 0 N–H and O–H groups in total. The minimum Gasteiger partial charge on any atom is -0.309 e. The van der Waals surface area contributed by atoms with Gasteiger partial charge in [0.25, 0.3) is 0 Å². The lowest BCUT2D eigenvalue weighted by Crippen LogP contribution is -1.93. The summed E-state index contributed by atoms with van der Waals surface area (Å²) in [5.41, 5.74) is 7.52. The van der Waals surface area contributed by atoms with Crippen LogP contribution in [0.25, 0.3) is 87.1 Å². The van der Waals surface area contributed by atoms with Crippen LogP contribution >= 0.6 is 0 Å². The van der Waals surface area contributed by atoms with E-state index in [-0.39, 0.29) is 0 Å². The summed E-state index contributed by atoms with van der Waals surface area (Å²) in [5, 5.41) is 12.9. The fraction of sp³-hybridized carbons (Fsp3) is 0. The zero-order chi connectivity index (χ0) is 25.9. The molecule has 0 aliphatic rings. The smallest absolute Gasteiger partial charge is 0.0622 e. The molecule has 0 saturated heterocycles. The first kappa shape index (κ1) is 20.6. The quantitative estimate of drug-likeness (QED) is 0.209. The molecule has 0 radical (unpaired) electrons. The zero-order valence-electron chi connectivity index (χ0n) is 21.6. The summed E-state index contributed by atoms with van der Waals surface area (Å²) in [6, 6.07) is 49.3. The number of fused-ring (bicyclic) bond motifs is 11. The topological polar surface area (TPSA) is 9.34 Å². The van der Waals surface area contributed by atoms with Gasteiger partial charge < -0.3 is 8.97 Å². The molecule has 2 nitrogen and oxygen atoms in total. The molecule has 40 heavy (non-hydrogen) atoms. The maximum Gasteiger partial charge on any atom is 0.0622 e. The first-order valence-electron chi connectivity index (χ1n) is 13.9. The summed E-state index contributed by atoms with van der Waals surface area (Å²) in [6.07, 6.45) is 0. The van der Waals surface area contributed by atoms with Crippen molar-refractivity contribution in [1.29, 1.82) is 0 Å². The Morgan fingerprint density at radius 2 is 0.750 bits per heavy atom. The third kappa shape index (κ3) is 2.49. The molecular formula is C38H22N2. The van der Waals surface area contributed by atoms with Crippen molar-refractivity contribution in [3.05, 3.63) is 133 Å². The number of para-hydroxylation sites is 2. The van der Waals surface area contributed by atoms with Crippen molar-refractivity contribution in [2.75, 3.05) is 0 Å². The second-order valence-electron chi connectivity index (χ2n) is 11.0. The van der Waals surface area contributed by atoms with Gasteiger partial charge in [0.05, 0.1) is 27.6 Å². The summed E-state index contributed by atoms with van der Waals surface area (Å²) in [5.74, 6) is 0. The van der Waals surface area contributed by atoms with Gasteiger partial charge in [-0.05, 0) is 70.1 Å². The molecule has 10 aromatic rings. The van der Waals surface area contributed by atoms with Crippen LogP contribution < -0.4 is 0 Å². The fourth-order valence-corrected chi connectivity index (χ4v) is 7.23. The predicted molar refractivity (Wildman–Crippen MR) is 170 cm³/mol. The van der Waals surface area contributed by atoms with Crippen molar-refractivity contribution >= 4 is 81.4 Å². The average molecular weight is 507 g/mol. The van der Waals surface area contributed by atoms with E-state index >= 15 is 0 Å². The Morgan fingerprint density at radius 1 is 0.325 bits per heavy atom. The van der Waals surface area contributed by atoms with Gasteiger partial charge in [-0.15, -0.1) is 0 Å². The number of nitrogens with zero attached hydrogens (tertiary/aromatic N) is 2. The van der Waals surface area contributed by atoms with Crippen molar-refractivity contribution in [2.24, 2.45) is 0 Å². The second-order valence-corrected chi connectivity index (χ2v) is 11.0. The van der Waals surface area contributed by atoms with E-state index in [4.69, 9.17) is 0 Å². The van der Waals surface area contributed by atoms with E-state index in [0.717, 1.165) is 0 Å². The van der Waals surface area contributed by atoms with Gasteiger partial charge in [0.15, 0.2) is 0 Å². The molecule has 0 saturated carbocycles. The molecule has 0 unspecified atom stereocenters. The van der Waals surface area contributed by atoms with Crippen molar-refractivity contribution in [2.45, 2.75) is 0 Å². The molecule has 0 aliphatic carbocycles. The van der Waals surface area contributed by atoms with Crippen LogP contribution in [0.4, 0.5) is 0 Å². The van der Waals surface area contributed by atoms with E-state index in [1.165, 1.54) is 87.1 Å². The van der Waals surface area contributed by atoms with E-state index in [1.54, 1.807) is 0 Å². The van der Waals surface area contributed by atoms with E-state index < -0.39 is 0 Å². The van der Waals surface area contributed by atoms with E-state index in [2.05, 4.69) is 142 Å². The SMILES string of the molecule is c1ccc2cc3c(cc2c1)c1cc(-n2c4ccccc4c4ccccc42)cc2c4cc5ccccc5cc4n3c12. The number of hydrogen-bond donors (Lipinski definition) is 0. The van der Waals surface area contributed by atoms with Crippen molar-refractivity contribution in [3.63, 3.8) is 0 Å². The normalized spacial score (nSPS) is 12.5. The lowest BCUT2D eigenvalue weighted by atomic mass is 10.0. The summed E-state index contributed by atoms with van der Waals surface area (Å²) in [4.78, 5) is 0. The van der Waals surface area contributed by atoms with Crippen molar-refractivity contribution in [1.82, 2.24) is 8.97 Å². The Bertz CT molecular complexity index is 2470. The molecule has 7 aromatic carbocycles. The number of aromatic nitrogens is 2. The molecule has 3 heterocycles. The van der Waals surface area contributed by atoms with Crippen LogP contribution in [0.3, 0.4) is 0 Å². The van der Waals surface area contributed by atoms with Crippen LogP contribution in [-0.4, -0.2) is 8.97 Å². The molecule has 0 spiro atoms. The van der Waals surface area contributed by atoms with Crippen LogP contribution in [-0.2, 0) is 0 Å². The predicted octanol–water partition coefficient (Wildman–Crippen LogP) is 10.2. The maximum absolute atomic E-state index is 2.50. The summed E-state index contributed by atoms with van der Waals surface area (Å²) >= 11 is 0. The first-order valence-corrected chi connectivity index (χ1v) is 13.9. The largest absolute Gasteiger partial charge is 0.309 e. The highest BCUT2D eigenvalue weighted by Crippen LogP contribution is 2.44. The highest BCUT2D eigenvalue weighted by Gasteiger charge is 2.21. The molecule has 0 aliphatic heterocycles. The van der Waals surface area contributed by atoms with Crippen LogP contribution in [0, 0.1) is 0 Å². The van der Waals surface area contributed by atoms with Gasteiger partial charge in [-0.2, -0.15) is 0 Å². The van der Waals surface area contributed by atoms with Crippen LogP contribution in [0.5, 0.6) is 0 Å². The standard InChI is InChI=1S/C38H22N2/c1-3-11-25-19-36-30(17-23(25)9-1)32-21-27(39-34-15-7-5-13-28(34)29-14-6-8-16-35(29)39)22-33-31-18-24-10-2-4-12-26(24)20-37(31)40(36)38(32)33/h1-22H. The average Bonchev–Trinajstić information content (AvgIpc) is 3.63. The zero-order valence-corrected chi connectivity index (χ0v) is 21.6. The van der Waals surface area contributed by atoms with Crippen LogP contribution in [0.2, 0.25) is 0 Å². The molecule has 0 bridgehead atoms. The number of hydrogen-bond acceptors (Lipinski definition) is 0. The third-order valence-electron chi connectivity index (χ3n) is 8.95. The Morgan fingerprint density at radius 3 is 1.25 bits per heavy atom. The van der Waals surface area contributed by atoms with Gasteiger partial charge in [-0.25, -0.2) is 0 Å². The summed E-state index contributed by atoms with van der Waals surface area (Å²) in [7, 11) is 0. The lowest BCUT2D eigenvalue weighted by molar-refractivity contribution is 1.19. The van der Waals surface area contributed by atoms with E-state index in [1.807, 2.05) is 0 Å². The van der Waals surface area contributed by atoms with Crippen LogP contribution in [0.15, 0.2) is 133 Å². The molecular weight excluding hydrogens is 484 g/mol. The summed E-state index contributed by atoms with van der Waals surface area (Å²) < 4.78 is 4.95. The minimum absolute atomic E-state index is 1.20. The molecule has 3 aromatic heterocycles. The van der Waals surface area contributed by atoms with Crippen molar-refractivity contribution < 1.29 is 0 Å². The lowest BCUT2D eigenvalue weighted by Gasteiger charge is -2.09. The molecule has 10 rings (SSSR count). The fourth-order valence-electron chi connectivity index (χ4n) is 7.23. The first-order chi connectivity index (χ1) is 19.8. The van der Waals surface area contributed by atoms with Gasteiger partial charge in [0.1, 0.15) is 0 Å². The second kappa shape index (κ2) is 7.19. The molecule has 2 heteroatoms. The monoisotopic (exact) mass is 506 g/mol. The molecule has 184 valence electrons. The molecule has 0 atom stereocenters. The highest BCUT2D eigenvalue weighted by atomic mass is 15.0. The Hall–Kier alpha value is -5.34. The van der Waals surface area contributed by atoms with Gasteiger partial charge in [-0.3, -0.25) is 0 Å². The molecule has 0 amide bonds. The van der Waals surface area contributed by atoms with Gasteiger partial charge in [0.2, 0.25) is 0 Å². The Balaban J connectivity index is 1.46. The summed E-state index contributed by atoms with van der Waals surface area (Å²) in [6.45, 7) is 0. The van der Waals surface area contributed by atoms with Gasteiger partial charge in [-0.1, -0.05) is 84.9 Å². The van der Waals surface area contributed by atoms with Gasteiger partial charge in [0, 0.05) is 38.0 Å². The van der Waals surface area contributed by atoms with Gasteiger partial charge >= 0.3 is 0 Å². The Kier molecular flexibility index (Phi) is 3.70. The minimum atomic E-state index is 1.20. The van der Waals surface area contributed by atoms with E-state index in [9.17, 15) is 0 Å². The Labute approximate surface area is 229 Å². The number of rotatable bonds is 1. The third-order valence-corrected chi connectivity index (χ3v) is 8.95.